The zero-order valence-corrected chi connectivity index (χ0v) is 12.6. The smallest absolute Gasteiger partial charge is 0.324 e. The highest BCUT2D eigenvalue weighted by Crippen LogP contribution is 2.39. The van der Waals surface area contributed by atoms with Crippen LogP contribution < -0.4 is 11.1 Å². The zero-order valence-electron chi connectivity index (χ0n) is 11.9. The van der Waals surface area contributed by atoms with Crippen LogP contribution in [0.3, 0.4) is 0 Å². The summed E-state index contributed by atoms with van der Waals surface area (Å²) in [5.41, 5.74) is 7.14. The van der Waals surface area contributed by atoms with Gasteiger partial charge in [-0.25, -0.2) is 0 Å². The molecule has 2 aliphatic rings. The van der Waals surface area contributed by atoms with E-state index in [4.69, 9.17) is 17.3 Å². The third kappa shape index (κ3) is 2.60. The van der Waals surface area contributed by atoms with E-state index in [0.29, 0.717) is 35.1 Å². The Morgan fingerprint density at radius 1 is 1.45 bits per heavy atom. The van der Waals surface area contributed by atoms with E-state index in [-0.39, 0.29) is 6.04 Å². The molecule has 1 heterocycles. The lowest BCUT2D eigenvalue weighted by atomic mass is 9.93. The van der Waals surface area contributed by atoms with Crippen LogP contribution in [-0.2, 0) is 4.79 Å². The van der Waals surface area contributed by atoms with Gasteiger partial charge in [-0.1, -0.05) is 11.6 Å². The fourth-order valence-electron chi connectivity index (χ4n) is 2.64. The number of carbonyl (C=O) groups excluding carboxylic acids is 1. The van der Waals surface area contributed by atoms with E-state index in [2.05, 4.69) is 5.32 Å². The predicted octanol–water partition coefficient (Wildman–Crippen LogP) is 1.48. The fraction of sp³-hybridized carbons (Fsp3) is 0.400. The van der Waals surface area contributed by atoms with Crippen LogP contribution >= 0.6 is 11.6 Å². The lowest BCUT2D eigenvalue weighted by Gasteiger charge is -2.18. The number of carboxylic acid groups (broad SMARTS) is 1. The van der Waals surface area contributed by atoms with Gasteiger partial charge < -0.3 is 16.2 Å². The average molecular weight is 323 g/mol. The number of carboxylic acids is 1. The highest BCUT2D eigenvalue weighted by atomic mass is 35.5. The Kier molecular flexibility index (Phi) is 3.88. The van der Waals surface area contributed by atoms with Gasteiger partial charge in [0, 0.05) is 32.0 Å². The van der Waals surface area contributed by atoms with Crippen molar-refractivity contribution in [3.8, 4) is 0 Å². The molecule has 1 atom stereocenters. The van der Waals surface area contributed by atoms with Crippen molar-refractivity contribution in [2.45, 2.75) is 18.9 Å². The Morgan fingerprint density at radius 3 is 2.77 bits per heavy atom. The Labute approximate surface area is 132 Å². The van der Waals surface area contributed by atoms with Crippen molar-refractivity contribution in [3.63, 3.8) is 0 Å². The molecule has 0 saturated heterocycles. The van der Waals surface area contributed by atoms with Gasteiger partial charge in [-0.05, 0) is 6.07 Å². The highest BCUT2D eigenvalue weighted by molar-refractivity contribution is 6.34. The van der Waals surface area contributed by atoms with E-state index in [1.165, 1.54) is 6.21 Å². The Morgan fingerprint density at radius 2 is 2.18 bits per heavy atom. The van der Waals surface area contributed by atoms with Crippen LogP contribution in [0.25, 0.3) is 0 Å². The normalized spacial score (nSPS) is 20.4. The minimum absolute atomic E-state index is 0.257. The maximum absolute atomic E-state index is 12.4. The van der Waals surface area contributed by atoms with Crippen LogP contribution in [-0.4, -0.2) is 46.8 Å². The van der Waals surface area contributed by atoms with Crippen LogP contribution in [0.1, 0.15) is 23.2 Å². The minimum atomic E-state index is -1.14. The molecule has 1 unspecified atom stereocenters. The number of nitrogens with one attached hydrogen (secondary N) is 1. The average Bonchev–Trinajstić information content (AvgIpc) is 3.30. The molecule has 1 aliphatic heterocycles. The van der Waals surface area contributed by atoms with E-state index in [0.717, 1.165) is 12.8 Å². The van der Waals surface area contributed by atoms with Gasteiger partial charge >= 0.3 is 5.97 Å². The van der Waals surface area contributed by atoms with Gasteiger partial charge in [0.15, 0.2) is 24.0 Å². The number of benzene rings is 1. The number of ketones is 1. The van der Waals surface area contributed by atoms with Crippen molar-refractivity contribution in [1.82, 2.24) is 0 Å². The van der Waals surface area contributed by atoms with Crippen molar-refractivity contribution < 1.29 is 19.3 Å². The summed E-state index contributed by atoms with van der Waals surface area (Å²) in [5.74, 6) is -2.68. The molecule has 1 aliphatic carbocycles. The zero-order chi connectivity index (χ0) is 15.9. The summed E-state index contributed by atoms with van der Waals surface area (Å²) in [5, 5.41) is 12.8. The van der Waals surface area contributed by atoms with E-state index in [1.807, 2.05) is 4.58 Å². The van der Waals surface area contributed by atoms with Crippen molar-refractivity contribution >= 4 is 40.9 Å². The van der Waals surface area contributed by atoms with Gasteiger partial charge in [0.05, 0.1) is 16.3 Å². The number of fused-ring (bicyclic) bond motifs is 1. The molecular weight excluding hydrogens is 306 g/mol. The molecule has 7 heteroatoms. The van der Waals surface area contributed by atoms with Gasteiger partial charge in [0.1, 0.15) is 0 Å². The number of anilines is 1. The van der Waals surface area contributed by atoms with Crippen LogP contribution in [0.2, 0.25) is 5.02 Å². The first-order valence-corrected chi connectivity index (χ1v) is 7.58. The largest absolute Gasteiger partial charge is 0.480 e. The first-order valence-electron chi connectivity index (χ1n) is 7.20. The number of nitrogens with zero attached hydrogens (tertiary/aromatic N) is 1. The first-order chi connectivity index (χ1) is 10.5. The predicted molar refractivity (Wildman–Crippen MR) is 83.5 cm³/mol. The number of rotatable bonds is 5. The summed E-state index contributed by atoms with van der Waals surface area (Å²) in [7, 11) is 0. The van der Waals surface area contributed by atoms with Crippen LogP contribution in [0.15, 0.2) is 12.1 Å². The molecule has 116 valence electrons. The molecule has 6 nitrogen and oxygen atoms in total. The standard InChI is InChI=1S/C15H16ClN3O3/c16-11-6-13-9(5-12(11)18-4-3-17)14(20)10(15(21)22)7-19(13)8-1-2-8/h5-8,10,18H,1-4,17H2/p+1. The number of aliphatic carboxylic acids is 1. The number of carbonyl (C=O) groups is 2. The second-order valence-electron chi connectivity index (χ2n) is 5.53. The van der Waals surface area contributed by atoms with E-state index in [1.54, 1.807) is 12.1 Å². The van der Waals surface area contributed by atoms with Gasteiger partial charge in [-0.2, -0.15) is 4.58 Å². The van der Waals surface area contributed by atoms with Gasteiger partial charge in [0.25, 0.3) is 0 Å². The van der Waals surface area contributed by atoms with E-state index >= 15 is 0 Å². The summed E-state index contributed by atoms with van der Waals surface area (Å²) in [6.45, 7) is 0.953. The third-order valence-corrected chi connectivity index (χ3v) is 4.20. The minimum Gasteiger partial charge on any atom is -0.480 e. The molecule has 0 amide bonds. The summed E-state index contributed by atoms with van der Waals surface area (Å²) in [6, 6.07) is 3.61. The molecule has 22 heavy (non-hydrogen) atoms. The third-order valence-electron chi connectivity index (χ3n) is 3.89. The Bertz CT molecular complexity index is 683. The fourth-order valence-corrected chi connectivity index (χ4v) is 2.86. The monoisotopic (exact) mass is 322 g/mol. The number of Topliss-reactive ketones (excluding diaryl/α,β-unsaturated/α-hetero) is 1. The molecule has 0 radical (unpaired) electrons. The number of hydrogen-bond donors (Lipinski definition) is 3. The van der Waals surface area contributed by atoms with Gasteiger partial charge in [0.2, 0.25) is 5.69 Å². The SMILES string of the molecule is NCCNc1cc2c(cc1Cl)[N+](C1CC1)=CC(C(=O)O)C2=O. The molecule has 1 aromatic carbocycles. The maximum Gasteiger partial charge on any atom is 0.324 e. The Hall–Kier alpha value is -1.92. The van der Waals surface area contributed by atoms with Crippen molar-refractivity contribution in [3.05, 3.63) is 22.7 Å². The lowest BCUT2D eigenvalue weighted by Crippen LogP contribution is -2.34. The molecule has 4 N–H and O–H groups in total. The molecule has 0 spiro atoms. The second kappa shape index (κ2) is 5.70. The molecule has 1 aromatic rings. The maximum atomic E-state index is 12.4. The van der Waals surface area contributed by atoms with E-state index < -0.39 is 17.7 Å². The summed E-state index contributed by atoms with van der Waals surface area (Å²) in [4.78, 5) is 23.8. The topological polar surface area (TPSA) is 95.4 Å². The lowest BCUT2D eigenvalue weighted by molar-refractivity contribution is -0.454. The van der Waals surface area contributed by atoms with Crippen molar-refractivity contribution in [2.24, 2.45) is 11.7 Å². The first kappa shape index (κ1) is 15.0. The summed E-state index contributed by atoms with van der Waals surface area (Å²) < 4.78 is 1.88. The molecule has 1 fully saturated rings. The number of hydrogen-bond acceptors (Lipinski definition) is 4. The van der Waals surface area contributed by atoms with Gasteiger partial charge in [-0.15, -0.1) is 0 Å². The number of halogens is 1. The van der Waals surface area contributed by atoms with Crippen LogP contribution in [0, 0.1) is 5.92 Å². The van der Waals surface area contributed by atoms with Crippen molar-refractivity contribution in [1.29, 1.82) is 0 Å². The molecule has 0 aromatic heterocycles. The van der Waals surface area contributed by atoms with Crippen LogP contribution in [0.5, 0.6) is 0 Å². The molecule has 1 saturated carbocycles. The van der Waals surface area contributed by atoms with Crippen LogP contribution in [0.4, 0.5) is 11.4 Å². The number of nitrogens with two attached hydrogens (primary N) is 1. The second-order valence-corrected chi connectivity index (χ2v) is 5.94. The highest BCUT2D eigenvalue weighted by Gasteiger charge is 2.44. The van der Waals surface area contributed by atoms with Gasteiger partial charge in [-0.3, -0.25) is 9.59 Å². The molecular formula is C15H17ClN3O3+. The summed E-state index contributed by atoms with van der Waals surface area (Å²) >= 11 is 6.26. The summed E-state index contributed by atoms with van der Waals surface area (Å²) in [6.07, 6.45) is 3.48. The van der Waals surface area contributed by atoms with E-state index in [9.17, 15) is 14.7 Å². The Balaban J connectivity index is 2.08. The molecule has 0 bridgehead atoms. The molecule has 3 rings (SSSR count). The quantitative estimate of drug-likeness (QED) is 0.564. The van der Waals surface area contributed by atoms with Crippen molar-refractivity contribution in [2.75, 3.05) is 18.4 Å².